The zero-order chi connectivity index (χ0) is 15.7. The molecule has 1 aromatic rings. The number of benzene rings is 1. The Morgan fingerprint density at radius 3 is 2.71 bits per heavy atom. The Balaban J connectivity index is 1.96. The summed E-state index contributed by atoms with van der Waals surface area (Å²) < 4.78 is 11.9. The molecule has 0 fully saturated rings. The zero-order valence-electron chi connectivity index (χ0n) is 14.2. The Labute approximate surface area is 129 Å². The molecule has 1 aliphatic heterocycles. The highest BCUT2D eigenvalue weighted by Gasteiger charge is 2.30. The standard InChI is InChI=1S/C19H28O2/c1-14(8-7-11-18(2,3)4)20-16-10-9-15-13-19(5,6)21-17(15)12-16/h7-10,12,14H,11,13H2,1-6H3/b8-7+. The van der Waals surface area contributed by atoms with Crippen molar-refractivity contribution in [3.8, 4) is 11.5 Å². The SMILES string of the molecule is CC(/C=C/CC(C)(C)C)Oc1ccc2c(c1)OC(C)(C)C2. The minimum absolute atomic E-state index is 0.0693. The van der Waals surface area contributed by atoms with Crippen LogP contribution in [0, 0.1) is 5.41 Å². The van der Waals surface area contributed by atoms with Gasteiger partial charge in [0, 0.05) is 12.5 Å². The maximum absolute atomic E-state index is 5.96. The van der Waals surface area contributed by atoms with E-state index >= 15 is 0 Å². The predicted octanol–water partition coefficient (Wildman–Crippen LogP) is 5.16. The first-order chi connectivity index (χ1) is 9.65. The second kappa shape index (κ2) is 5.75. The summed E-state index contributed by atoms with van der Waals surface area (Å²) in [6, 6.07) is 6.17. The second-order valence-corrected chi connectivity index (χ2v) is 7.82. The molecular formula is C19H28O2. The van der Waals surface area contributed by atoms with Gasteiger partial charge in [0.2, 0.25) is 0 Å². The molecule has 1 atom stereocenters. The van der Waals surface area contributed by atoms with Crippen molar-refractivity contribution in [2.45, 2.75) is 66.1 Å². The topological polar surface area (TPSA) is 18.5 Å². The molecule has 1 aromatic carbocycles. The van der Waals surface area contributed by atoms with E-state index in [0.717, 1.165) is 24.3 Å². The van der Waals surface area contributed by atoms with E-state index in [4.69, 9.17) is 9.47 Å². The number of hydrogen-bond acceptors (Lipinski definition) is 2. The smallest absolute Gasteiger partial charge is 0.127 e. The first-order valence-electron chi connectivity index (χ1n) is 7.80. The van der Waals surface area contributed by atoms with Gasteiger partial charge in [0.05, 0.1) is 0 Å². The molecule has 0 aliphatic carbocycles. The quantitative estimate of drug-likeness (QED) is 0.712. The van der Waals surface area contributed by atoms with Crippen molar-refractivity contribution in [2.75, 3.05) is 0 Å². The lowest BCUT2D eigenvalue weighted by atomic mass is 9.92. The molecule has 1 heterocycles. The number of allylic oxidation sites excluding steroid dienone is 1. The highest BCUT2D eigenvalue weighted by atomic mass is 16.5. The summed E-state index contributed by atoms with van der Waals surface area (Å²) in [4.78, 5) is 0. The van der Waals surface area contributed by atoms with Gasteiger partial charge in [-0.05, 0) is 50.3 Å². The Bertz CT molecular complexity index is 521. The van der Waals surface area contributed by atoms with Gasteiger partial charge in [-0.2, -0.15) is 0 Å². The van der Waals surface area contributed by atoms with Gasteiger partial charge >= 0.3 is 0 Å². The van der Waals surface area contributed by atoms with Crippen LogP contribution in [0.3, 0.4) is 0 Å². The molecule has 0 N–H and O–H groups in total. The van der Waals surface area contributed by atoms with E-state index in [2.05, 4.69) is 59.8 Å². The van der Waals surface area contributed by atoms with Crippen LogP contribution >= 0.6 is 0 Å². The molecule has 0 aromatic heterocycles. The van der Waals surface area contributed by atoms with Crippen molar-refractivity contribution < 1.29 is 9.47 Å². The molecule has 0 spiro atoms. The molecular weight excluding hydrogens is 260 g/mol. The summed E-state index contributed by atoms with van der Waals surface area (Å²) in [5, 5.41) is 0. The Morgan fingerprint density at radius 1 is 1.33 bits per heavy atom. The summed E-state index contributed by atoms with van der Waals surface area (Å²) >= 11 is 0. The van der Waals surface area contributed by atoms with Gasteiger partial charge in [0.15, 0.2) is 0 Å². The lowest BCUT2D eigenvalue weighted by molar-refractivity contribution is 0.138. The molecule has 1 aliphatic rings. The van der Waals surface area contributed by atoms with Gasteiger partial charge in [-0.15, -0.1) is 0 Å². The summed E-state index contributed by atoms with van der Waals surface area (Å²) in [5.74, 6) is 1.84. The molecule has 0 amide bonds. The number of ether oxygens (including phenoxy) is 2. The van der Waals surface area contributed by atoms with E-state index in [0.29, 0.717) is 5.41 Å². The van der Waals surface area contributed by atoms with Gasteiger partial charge in [0.1, 0.15) is 23.2 Å². The lowest BCUT2D eigenvalue weighted by Crippen LogP contribution is -2.24. The third kappa shape index (κ3) is 4.80. The van der Waals surface area contributed by atoms with Crippen LogP contribution < -0.4 is 9.47 Å². The van der Waals surface area contributed by atoms with Crippen LogP contribution in [-0.2, 0) is 6.42 Å². The number of hydrogen-bond donors (Lipinski definition) is 0. The highest BCUT2D eigenvalue weighted by Crippen LogP contribution is 2.37. The van der Waals surface area contributed by atoms with E-state index in [1.807, 2.05) is 12.1 Å². The van der Waals surface area contributed by atoms with E-state index in [1.54, 1.807) is 0 Å². The largest absolute Gasteiger partial charge is 0.487 e. The van der Waals surface area contributed by atoms with Crippen LogP contribution in [0.1, 0.15) is 53.5 Å². The molecule has 2 rings (SSSR count). The first-order valence-corrected chi connectivity index (χ1v) is 7.80. The molecule has 21 heavy (non-hydrogen) atoms. The Kier molecular flexibility index (Phi) is 4.36. The summed E-state index contributed by atoms with van der Waals surface area (Å²) in [7, 11) is 0. The van der Waals surface area contributed by atoms with Crippen molar-refractivity contribution >= 4 is 0 Å². The van der Waals surface area contributed by atoms with Gasteiger partial charge in [-0.3, -0.25) is 0 Å². The molecule has 1 unspecified atom stereocenters. The fourth-order valence-electron chi connectivity index (χ4n) is 2.51. The molecule has 0 radical (unpaired) electrons. The van der Waals surface area contributed by atoms with Crippen LogP contribution in [0.25, 0.3) is 0 Å². The highest BCUT2D eigenvalue weighted by molar-refractivity contribution is 5.44. The molecule has 2 heteroatoms. The fourth-order valence-corrected chi connectivity index (χ4v) is 2.51. The number of fused-ring (bicyclic) bond motifs is 1. The van der Waals surface area contributed by atoms with Gasteiger partial charge in [-0.25, -0.2) is 0 Å². The van der Waals surface area contributed by atoms with Crippen LogP contribution in [0.5, 0.6) is 11.5 Å². The predicted molar refractivity (Wildman–Crippen MR) is 88.2 cm³/mol. The summed E-state index contributed by atoms with van der Waals surface area (Å²) in [6.07, 6.45) is 6.42. The van der Waals surface area contributed by atoms with Gasteiger partial charge < -0.3 is 9.47 Å². The molecule has 0 saturated heterocycles. The second-order valence-electron chi connectivity index (χ2n) is 7.82. The monoisotopic (exact) mass is 288 g/mol. The van der Waals surface area contributed by atoms with Crippen LogP contribution in [0.15, 0.2) is 30.4 Å². The minimum Gasteiger partial charge on any atom is -0.487 e. The maximum Gasteiger partial charge on any atom is 0.127 e. The average molecular weight is 288 g/mol. The maximum atomic E-state index is 5.96. The van der Waals surface area contributed by atoms with Crippen molar-refractivity contribution in [2.24, 2.45) is 5.41 Å². The van der Waals surface area contributed by atoms with Crippen LogP contribution in [0.4, 0.5) is 0 Å². The van der Waals surface area contributed by atoms with Crippen molar-refractivity contribution in [3.05, 3.63) is 35.9 Å². The summed E-state index contributed by atoms with van der Waals surface area (Å²) in [5.41, 5.74) is 1.49. The van der Waals surface area contributed by atoms with E-state index in [-0.39, 0.29) is 11.7 Å². The van der Waals surface area contributed by atoms with Crippen LogP contribution in [0.2, 0.25) is 0 Å². The molecule has 0 bridgehead atoms. The number of rotatable bonds is 4. The van der Waals surface area contributed by atoms with Gasteiger partial charge in [0.25, 0.3) is 0 Å². The molecule has 116 valence electrons. The van der Waals surface area contributed by atoms with Crippen molar-refractivity contribution in [3.63, 3.8) is 0 Å². The zero-order valence-corrected chi connectivity index (χ0v) is 14.2. The molecule has 2 nitrogen and oxygen atoms in total. The van der Waals surface area contributed by atoms with E-state index in [1.165, 1.54) is 5.56 Å². The molecule has 0 saturated carbocycles. The minimum atomic E-state index is -0.0980. The van der Waals surface area contributed by atoms with Crippen molar-refractivity contribution in [1.29, 1.82) is 0 Å². The Hall–Kier alpha value is -1.44. The van der Waals surface area contributed by atoms with Gasteiger partial charge in [-0.1, -0.05) is 32.9 Å². The van der Waals surface area contributed by atoms with Crippen molar-refractivity contribution in [1.82, 2.24) is 0 Å². The average Bonchev–Trinajstić information content (AvgIpc) is 2.60. The summed E-state index contributed by atoms with van der Waals surface area (Å²) in [6.45, 7) is 13.0. The van der Waals surface area contributed by atoms with E-state index < -0.39 is 0 Å². The third-order valence-corrected chi connectivity index (χ3v) is 3.50. The lowest BCUT2D eigenvalue weighted by Gasteiger charge is -2.17. The fraction of sp³-hybridized carbons (Fsp3) is 0.579. The van der Waals surface area contributed by atoms with Crippen LogP contribution in [-0.4, -0.2) is 11.7 Å². The Morgan fingerprint density at radius 2 is 2.05 bits per heavy atom. The first kappa shape index (κ1) is 15.9. The third-order valence-electron chi connectivity index (χ3n) is 3.50. The van der Waals surface area contributed by atoms with E-state index in [9.17, 15) is 0 Å². The normalized spacial score (nSPS) is 18.4.